The summed E-state index contributed by atoms with van der Waals surface area (Å²) in [6, 6.07) is 13.9. The molecule has 0 radical (unpaired) electrons. The maximum absolute atomic E-state index is 12.8. The molecular formula is C27H31N3O3. The van der Waals surface area contributed by atoms with Gasteiger partial charge in [-0.2, -0.15) is 0 Å². The third-order valence-electron chi connectivity index (χ3n) is 5.28. The Kier molecular flexibility index (Phi) is 9.36. The SMILES string of the molecule is C=C/C=C(\C=C/C)c1ccc(C(=O)N[C@H](C)[C@@H](Cc2cccc(C(=N)N)c2)C(=O)OC)cc1. The van der Waals surface area contributed by atoms with Crippen molar-refractivity contribution in [1.82, 2.24) is 5.32 Å². The minimum atomic E-state index is -0.600. The number of carbonyl (C=O) groups excluding carboxylic acids is 2. The first-order chi connectivity index (χ1) is 15.8. The summed E-state index contributed by atoms with van der Waals surface area (Å²) in [4.78, 5) is 25.3. The molecule has 1 amide bonds. The Morgan fingerprint density at radius 1 is 1.15 bits per heavy atom. The van der Waals surface area contributed by atoms with Gasteiger partial charge in [-0.05, 0) is 55.2 Å². The van der Waals surface area contributed by atoms with Crippen LogP contribution < -0.4 is 11.1 Å². The fraction of sp³-hybridized carbons (Fsp3) is 0.222. The van der Waals surface area contributed by atoms with E-state index >= 15 is 0 Å². The summed E-state index contributed by atoms with van der Waals surface area (Å²) in [7, 11) is 1.33. The molecule has 0 aliphatic rings. The molecule has 2 aromatic carbocycles. The molecule has 6 heteroatoms. The van der Waals surface area contributed by atoms with Crippen LogP contribution in [0, 0.1) is 11.3 Å². The Morgan fingerprint density at radius 3 is 2.39 bits per heavy atom. The molecule has 0 saturated heterocycles. The number of nitrogen functional groups attached to an aromatic ring is 1. The molecule has 33 heavy (non-hydrogen) atoms. The zero-order valence-electron chi connectivity index (χ0n) is 19.3. The molecule has 0 aliphatic heterocycles. The molecule has 2 rings (SSSR count). The van der Waals surface area contributed by atoms with E-state index in [1.807, 2.05) is 43.4 Å². The highest BCUT2D eigenvalue weighted by molar-refractivity contribution is 5.96. The number of methoxy groups -OCH3 is 1. The number of rotatable bonds is 10. The van der Waals surface area contributed by atoms with Crippen LogP contribution in [0.5, 0.6) is 0 Å². The molecule has 0 aliphatic carbocycles. The zero-order valence-corrected chi connectivity index (χ0v) is 19.3. The predicted molar refractivity (Wildman–Crippen MR) is 133 cm³/mol. The van der Waals surface area contributed by atoms with Crippen molar-refractivity contribution in [3.8, 4) is 0 Å². The van der Waals surface area contributed by atoms with E-state index < -0.39 is 17.9 Å². The number of hydrogen-bond donors (Lipinski definition) is 3. The lowest BCUT2D eigenvalue weighted by atomic mass is 9.92. The van der Waals surface area contributed by atoms with Crippen LogP contribution in [0.25, 0.3) is 5.57 Å². The minimum absolute atomic E-state index is 0.0446. The van der Waals surface area contributed by atoms with Gasteiger partial charge in [-0.3, -0.25) is 15.0 Å². The van der Waals surface area contributed by atoms with E-state index in [0.717, 1.165) is 16.7 Å². The summed E-state index contributed by atoms with van der Waals surface area (Å²) >= 11 is 0. The summed E-state index contributed by atoms with van der Waals surface area (Å²) in [6.07, 6.45) is 7.88. The first kappa shape index (κ1) is 25.3. The number of nitrogens with one attached hydrogen (secondary N) is 2. The van der Waals surface area contributed by atoms with E-state index in [1.165, 1.54) is 7.11 Å². The Balaban J connectivity index is 2.17. The number of benzene rings is 2. The van der Waals surface area contributed by atoms with Gasteiger partial charge in [0, 0.05) is 17.2 Å². The maximum atomic E-state index is 12.8. The fourth-order valence-corrected chi connectivity index (χ4v) is 3.49. The minimum Gasteiger partial charge on any atom is -0.469 e. The number of ether oxygens (including phenoxy) is 1. The monoisotopic (exact) mass is 445 g/mol. The average Bonchev–Trinajstić information content (AvgIpc) is 2.82. The molecule has 6 nitrogen and oxygen atoms in total. The van der Waals surface area contributed by atoms with E-state index in [4.69, 9.17) is 15.9 Å². The van der Waals surface area contributed by atoms with Crippen LogP contribution in [0.4, 0.5) is 0 Å². The summed E-state index contributed by atoms with van der Waals surface area (Å²) < 4.78 is 4.98. The van der Waals surface area contributed by atoms with Gasteiger partial charge in [-0.15, -0.1) is 0 Å². The normalized spacial score (nSPS) is 13.2. The lowest BCUT2D eigenvalue weighted by Gasteiger charge is -2.23. The first-order valence-corrected chi connectivity index (χ1v) is 10.7. The van der Waals surface area contributed by atoms with Crippen molar-refractivity contribution in [1.29, 1.82) is 5.41 Å². The summed E-state index contributed by atoms with van der Waals surface area (Å²) in [6.45, 7) is 7.45. The van der Waals surface area contributed by atoms with Gasteiger partial charge in [0.2, 0.25) is 0 Å². The van der Waals surface area contributed by atoms with Crippen LogP contribution in [-0.2, 0) is 16.0 Å². The van der Waals surface area contributed by atoms with Crippen molar-refractivity contribution in [2.75, 3.05) is 7.11 Å². The Labute approximate surface area is 195 Å². The molecule has 0 aromatic heterocycles. The highest BCUT2D eigenvalue weighted by Gasteiger charge is 2.28. The Bertz CT molecular complexity index is 1070. The molecule has 2 atom stereocenters. The summed E-state index contributed by atoms with van der Waals surface area (Å²) in [5.74, 6) is -1.34. The number of hydrogen-bond acceptors (Lipinski definition) is 4. The highest BCUT2D eigenvalue weighted by atomic mass is 16.5. The number of esters is 1. The average molecular weight is 446 g/mol. The second kappa shape index (κ2) is 12.2. The smallest absolute Gasteiger partial charge is 0.311 e. The van der Waals surface area contributed by atoms with Crippen LogP contribution in [0.15, 0.2) is 79.4 Å². The third kappa shape index (κ3) is 7.04. The van der Waals surface area contributed by atoms with Gasteiger partial charge in [0.05, 0.1) is 13.0 Å². The van der Waals surface area contributed by atoms with E-state index in [9.17, 15) is 9.59 Å². The van der Waals surface area contributed by atoms with Crippen molar-refractivity contribution < 1.29 is 14.3 Å². The second-order valence-corrected chi connectivity index (χ2v) is 7.65. The first-order valence-electron chi connectivity index (χ1n) is 10.7. The molecular weight excluding hydrogens is 414 g/mol. The van der Waals surface area contributed by atoms with Gasteiger partial charge >= 0.3 is 5.97 Å². The van der Waals surface area contributed by atoms with Crippen LogP contribution >= 0.6 is 0 Å². The van der Waals surface area contributed by atoms with Crippen molar-refractivity contribution >= 4 is 23.3 Å². The molecule has 172 valence electrons. The molecule has 0 unspecified atom stereocenters. The standard InChI is InChI=1S/C27H31N3O3/c1-5-8-20(9-6-2)21-12-14-22(15-13-21)26(31)30-18(3)24(27(32)33-4)17-19-10-7-11-23(16-19)25(28)29/h5-16,18,24H,1,17H2,2-4H3,(H3,28,29)(H,30,31)/b9-6-,20-8+/t18-,24-/m1/s1. The second-order valence-electron chi connectivity index (χ2n) is 7.65. The molecule has 4 N–H and O–H groups in total. The molecule has 0 saturated carbocycles. The lowest BCUT2D eigenvalue weighted by Crippen LogP contribution is -2.42. The van der Waals surface area contributed by atoms with Gasteiger partial charge in [-0.1, -0.05) is 61.2 Å². The maximum Gasteiger partial charge on any atom is 0.311 e. The van der Waals surface area contributed by atoms with E-state index in [1.54, 1.807) is 43.3 Å². The predicted octanol–water partition coefficient (Wildman–Crippen LogP) is 4.27. The lowest BCUT2D eigenvalue weighted by molar-refractivity contribution is -0.146. The van der Waals surface area contributed by atoms with E-state index in [2.05, 4.69) is 11.9 Å². The fourth-order valence-electron chi connectivity index (χ4n) is 3.49. The van der Waals surface area contributed by atoms with Crippen LogP contribution in [0.2, 0.25) is 0 Å². The van der Waals surface area contributed by atoms with E-state index in [0.29, 0.717) is 17.5 Å². The molecule has 0 heterocycles. The van der Waals surface area contributed by atoms with Gasteiger partial charge in [0.1, 0.15) is 5.84 Å². The summed E-state index contributed by atoms with van der Waals surface area (Å²) in [5.41, 5.74) is 9.43. The number of nitrogens with two attached hydrogens (primary N) is 1. The topological polar surface area (TPSA) is 105 Å². The number of carbonyl (C=O) groups is 2. The largest absolute Gasteiger partial charge is 0.469 e. The van der Waals surface area contributed by atoms with Crippen molar-refractivity contribution in [3.05, 3.63) is 102 Å². The molecule has 0 spiro atoms. The quantitative estimate of drug-likeness (QED) is 0.220. The highest BCUT2D eigenvalue weighted by Crippen LogP contribution is 2.19. The third-order valence-corrected chi connectivity index (χ3v) is 5.28. The summed E-state index contributed by atoms with van der Waals surface area (Å²) in [5, 5.41) is 10.5. The van der Waals surface area contributed by atoms with Crippen molar-refractivity contribution in [2.24, 2.45) is 11.7 Å². The van der Waals surface area contributed by atoms with Gasteiger partial charge < -0.3 is 15.8 Å². The zero-order chi connectivity index (χ0) is 24.4. The molecule has 0 bridgehead atoms. The van der Waals surface area contributed by atoms with Gasteiger partial charge in [0.25, 0.3) is 5.91 Å². The van der Waals surface area contributed by atoms with Gasteiger partial charge in [0.15, 0.2) is 0 Å². The van der Waals surface area contributed by atoms with E-state index in [-0.39, 0.29) is 11.7 Å². The van der Waals surface area contributed by atoms with Crippen LogP contribution in [-0.4, -0.2) is 30.9 Å². The Hall–Kier alpha value is -3.93. The van der Waals surface area contributed by atoms with Crippen molar-refractivity contribution in [3.63, 3.8) is 0 Å². The number of amides is 1. The van der Waals surface area contributed by atoms with Crippen LogP contribution in [0.1, 0.15) is 40.9 Å². The Morgan fingerprint density at radius 2 is 1.82 bits per heavy atom. The number of amidine groups is 1. The number of allylic oxidation sites excluding steroid dienone is 5. The van der Waals surface area contributed by atoms with Crippen LogP contribution in [0.3, 0.4) is 0 Å². The molecule has 2 aromatic rings. The van der Waals surface area contributed by atoms with Gasteiger partial charge in [-0.25, -0.2) is 0 Å². The molecule has 0 fully saturated rings. The van der Waals surface area contributed by atoms with Crippen molar-refractivity contribution in [2.45, 2.75) is 26.3 Å².